The van der Waals surface area contributed by atoms with Crippen molar-refractivity contribution in [3.05, 3.63) is 107 Å². The van der Waals surface area contributed by atoms with Crippen molar-refractivity contribution in [1.82, 2.24) is 55.7 Å². The Morgan fingerprint density at radius 2 is 1.60 bits per heavy atom. The minimum atomic E-state index is -1.02. The second-order valence-corrected chi connectivity index (χ2v) is 26.6. The van der Waals surface area contributed by atoms with Crippen LogP contribution in [0.5, 0.6) is 11.8 Å². The minimum Gasteiger partial charge on any atom is -0.508 e. The monoisotopic (exact) mass is 1200 g/mol. The van der Waals surface area contributed by atoms with Gasteiger partial charge >= 0.3 is 6.01 Å². The lowest BCUT2D eigenvalue weighted by Gasteiger charge is -2.37. The predicted molar refractivity (Wildman–Crippen MR) is 335 cm³/mol. The van der Waals surface area contributed by atoms with Gasteiger partial charge in [0.25, 0.3) is 5.91 Å². The molecule has 5 saturated heterocycles. The molecular formula is C66H80FN13O6S. The van der Waals surface area contributed by atoms with Crippen molar-refractivity contribution < 1.29 is 33.7 Å². The highest BCUT2D eigenvalue weighted by Crippen LogP contribution is 2.40. The number of hydrogen-bond donors (Lipinski definition) is 5. The summed E-state index contributed by atoms with van der Waals surface area (Å²) in [6, 6.07) is 15.7. The largest absolute Gasteiger partial charge is 0.508 e. The maximum atomic E-state index is 17.1. The summed E-state index contributed by atoms with van der Waals surface area (Å²) in [6.45, 7) is 17.6. The van der Waals surface area contributed by atoms with Gasteiger partial charge in [0.05, 0.1) is 46.0 Å². The number of nitrogens with zero attached hydrogens (tertiary/aromatic N) is 10. The van der Waals surface area contributed by atoms with E-state index in [9.17, 15) is 24.6 Å². The highest BCUT2D eigenvalue weighted by molar-refractivity contribution is 7.13. The maximum absolute atomic E-state index is 17.1. The van der Waals surface area contributed by atoms with Crippen LogP contribution in [0.3, 0.4) is 0 Å². The Labute approximate surface area is 511 Å². The van der Waals surface area contributed by atoms with E-state index in [4.69, 9.17) is 19.7 Å². The molecule has 21 heteroatoms. The van der Waals surface area contributed by atoms with Crippen LogP contribution in [0.15, 0.2) is 78.7 Å². The van der Waals surface area contributed by atoms with Gasteiger partial charge in [-0.15, -0.1) is 11.3 Å². The highest BCUT2D eigenvalue weighted by Gasteiger charge is 2.45. The molecule has 5 aliphatic heterocycles. The fourth-order valence-corrected chi connectivity index (χ4v) is 14.7. The molecule has 458 valence electrons. The molecule has 3 amide bonds. The number of ether oxygens (including phenoxy) is 1. The normalized spacial score (nSPS) is 21.2. The lowest BCUT2D eigenvalue weighted by Crippen LogP contribution is -2.58. The first-order valence-electron chi connectivity index (χ1n) is 31.1. The fourth-order valence-electron chi connectivity index (χ4n) is 13.9. The van der Waals surface area contributed by atoms with Crippen LogP contribution in [0.2, 0.25) is 0 Å². The average molecular weight is 1200 g/mol. The number of aryl methyl sites for hydroxylation is 2. The van der Waals surface area contributed by atoms with Gasteiger partial charge in [0, 0.05) is 69.5 Å². The number of phenols is 1. The zero-order valence-electron chi connectivity index (χ0n) is 50.6. The molecule has 7 aromatic rings. The number of pyridine rings is 1. The standard InChI is InChI=1S/C66H80FN13O6S/c1-7-42-9-8-10-45-28-48(81)29-50(55(42)45)57-56(67)58-51(31-70-57)61(79-34-46-15-16-47(35-79)73-46)76-65(74-58)86-26-25-77-21-17-40(18-22-77)27-41-19-23-78(24-20-41)54-33-68-52(32-69-54)62(83)75-60(66(4,5)6)64(85)80-36-49(82)30-53(80)63(84)72-38(2)43-11-13-44(14-12-43)59-39(3)71-37-87-59/h8-14,28-29,31-33,37-38,40-41,46-47,49,53,60,73,81-82H,7,15-27,30,34-36H2,1-6H3,(H,72,84)(H,75,83)/t38-,46?,47?,49+,53-,60+/m0/s1. The molecule has 87 heavy (non-hydrogen) atoms. The van der Waals surface area contributed by atoms with Gasteiger partial charge in [0.15, 0.2) is 5.82 Å². The van der Waals surface area contributed by atoms with E-state index in [2.05, 4.69) is 52.5 Å². The number of fused-ring (bicyclic) bond motifs is 4. The van der Waals surface area contributed by atoms with Crippen molar-refractivity contribution >= 4 is 62.4 Å². The van der Waals surface area contributed by atoms with Crippen molar-refractivity contribution in [2.75, 3.05) is 68.8 Å². The summed E-state index contributed by atoms with van der Waals surface area (Å²) in [5, 5.41) is 33.5. The van der Waals surface area contributed by atoms with Crippen LogP contribution in [0, 0.1) is 30.0 Å². The number of nitrogens with one attached hydrogen (secondary N) is 3. The van der Waals surface area contributed by atoms with Gasteiger partial charge in [0.2, 0.25) is 11.8 Å². The second kappa shape index (κ2) is 25.3. The molecule has 6 atom stereocenters. The summed E-state index contributed by atoms with van der Waals surface area (Å²) in [5.74, 6) is 0.650. The smallest absolute Gasteiger partial charge is 0.319 e. The van der Waals surface area contributed by atoms with Crippen molar-refractivity contribution in [3.63, 3.8) is 0 Å². The van der Waals surface area contributed by atoms with Crippen LogP contribution in [0.1, 0.15) is 119 Å². The zero-order valence-corrected chi connectivity index (χ0v) is 51.5. The first-order chi connectivity index (χ1) is 41.9. The molecule has 3 aromatic carbocycles. The number of carbonyl (C=O) groups excluding carboxylic acids is 3. The number of aromatic nitrogens is 6. The van der Waals surface area contributed by atoms with Crippen molar-refractivity contribution in [3.8, 4) is 33.5 Å². The summed E-state index contributed by atoms with van der Waals surface area (Å²) in [5.41, 5.74) is 5.92. The molecule has 0 saturated carbocycles. The molecule has 19 nitrogen and oxygen atoms in total. The number of rotatable bonds is 17. The Kier molecular flexibility index (Phi) is 17.4. The van der Waals surface area contributed by atoms with Gasteiger partial charge in [0.1, 0.15) is 53.0 Å². The number of aliphatic hydroxyl groups excluding tert-OH is 1. The number of phenolic OH excluding ortho intramolecular Hbond substituents is 1. The Morgan fingerprint density at radius 3 is 2.28 bits per heavy atom. The van der Waals surface area contributed by atoms with Gasteiger partial charge < -0.3 is 45.6 Å². The number of likely N-dealkylation sites (tertiary alicyclic amines) is 2. The Morgan fingerprint density at radius 1 is 0.862 bits per heavy atom. The second-order valence-electron chi connectivity index (χ2n) is 25.8. The summed E-state index contributed by atoms with van der Waals surface area (Å²) in [6.07, 6.45) is 12.3. The van der Waals surface area contributed by atoms with Crippen LogP contribution < -0.4 is 30.5 Å². The first-order valence-corrected chi connectivity index (χ1v) is 32.0. The average Bonchev–Trinajstić information content (AvgIpc) is 2.69. The number of piperazine rings is 1. The number of carbonyl (C=O) groups is 3. The van der Waals surface area contributed by atoms with Crippen molar-refractivity contribution in [2.24, 2.45) is 17.3 Å². The molecule has 5 N–H and O–H groups in total. The molecule has 2 unspecified atom stereocenters. The van der Waals surface area contributed by atoms with Gasteiger partial charge in [-0.05, 0) is 135 Å². The number of anilines is 2. The summed E-state index contributed by atoms with van der Waals surface area (Å²) in [7, 11) is 0. The molecular weight excluding hydrogens is 1120 g/mol. The summed E-state index contributed by atoms with van der Waals surface area (Å²) >= 11 is 1.58. The number of thiazole rings is 1. The highest BCUT2D eigenvalue weighted by atomic mass is 32.1. The maximum Gasteiger partial charge on any atom is 0.319 e. The van der Waals surface area contributed by atoms with Crippen molar-refractivity contribution in [1.29, 1.82) is 0 Å². The van der Waals surface area contributed by atoms with Gasteiger partial charge in [-0.2, -0.15) is 9.97 Å². The lowest BCUT2D eigenvalue weighted by molar-refractivity contribution is -0.142. The number of aliphatic hydroxyl groups is 1. The van der Waals surface area contributed by atoms with Crippen LogP contribution in [0.4, 0.5) is 16.0 Å². The first kappa shape index (κ1) is 59.9. The van der Waals surface area contributed by atoms with Crippen LogP contribution in [-0.4, -0.2) is 157 Å². The molecule has 0 radical (unpaired) electrons. The quantitative estimate of drug-likeness (QED) is 0.0574. The Hall–Kier alpha value is -7.46. The summed E-state index contributed by atoms with van der Waals surface area (Å²) in [4.78, 5) is 79.4. The number of amides is 3. The molecule has 5 aliphatic rings. The van der Waals surface area contributed by atoms with Gasteiger partial charge in [-0.25, -0.2) is 19.3 Å². The molecule has 12 rings (SSSR count). The van der Waals surface area contributed by atoms with Crippen molar-refractivity contribution in [2.45, 2.75) is 136 Å². The van der Waals surface area contributed by atoms with E-state index in [0.29, 0.717) is 59.7 Å². The van der Waals surface area contributed by atoms with E-state index in [1.165, 1.54) is 17.5 Å². The third-order valence-corrected chi connectivity index (χ3v) is 19.7. The zero-order chi connectivity index (χ0) is 60.7. The SMILES string of the molecule is CCc1cccc2cc(O)cc(-c3ncc4c(N5CC6CCC(C5)N6)nc(OCCN5CCC(CC6CCN(c7cnc(C(=O)N[C@H](C(=O)N8C[C@H](O)C[C@H]8C(=O)N[C@@H](C)c8ccc(-c9scnc9C)cc8)C(C)(C)C)cn7)CC6)CC5)nc4c3F)c12. The number of aromatic hydroxyl groups is 1. The molecule has 0 aliphatic carbocycles. The topological polar surface area (TPSA) is 227 Å². The lowest BCUT2D eigenvalue weighted by atomic mass is 9.83. The Balaban J connectivity index is 0.616. The van der Waals surface area contributed by atoms with E-state index in [1.54, 1.807) is 35.9 Å². The number of hydrogen-bond acceptors (Lipinski definition) is 17. The third kappa shape index (κ3) is 12.9. The summed E-state index contributed by atoms with van der Waals surface area (Å²) < 4.78 is 23.5. The van der Waals surface area contributed by atoms with Crippen LogP contribution in [0.25, 0.3) is 43.4 Å². The number of benzene rings is 3. The number of halogens is 1. The Bertz CT molecular complexity index is 3630. The number of β-amino-alcohol motifs (C(OH)–C–C–N with tert-alkyl or cyclic N) is 1. The third-order valence-electron chi connectivity index (χ3n) is 18.7. The number of piperidine rings is 2. The molecule has 4 aromatic heterocycles. The van der Waals surface area contributed by atoms with E-state index in [1.807, 2.05) is 82.6 Å². The fraction of sp³-hybridized carbons (Fsp3) is 0.500. The molecule has 0 spiro atoms. The molecule has 5 fully saturated rings. The molecule has 2 bridgehead atoms. The molecule has 9 heterocycles. The van der Waals surface area contributed by atoms with E-state index >= 15 is 4.39 Å². The van der Waals surface area contributed by atoms with E-state index < -0.39 is 41.2 Å². The van der Waals surface area contributed by atoms with E-state index in [0.717, 1.165) is 122 Å². The van der Waals surface area contributed by atoms with Gasteiger partial charge in [-0.3, -0.25) is 24.3 Å². The van der Waals surface area contributed by atoms with Gasteiger partial charge in [-0.1, -0.05) is 70.2 Å². The van der Waals surface area contributed by atoms with E-state index in [-0.39, 0.29) is 53.6 Å². The minimum absolute atomic E-state index is 0.0316. The van der Waals surface area contributed by atoms with Crippen LogP contribution in [-0.2, 0) is 16.0 Å². The predicted octanol–water partition coefficient (Wildman–Crippen LogP) is 8.80. The van der Waals surface area contributed by atoms with Crippen LogP contribution >= 0.6 is 11.3 Å².